The van der Waals surface area contributed by atoms with Gasteiger partial charge in [0.1, 0.15) is 6.04 Å². The molecule has 0 aromatic carbocycles. The third kappa shape index (κ3) is 1.65. The molecule has 0 amide bonds. The number of aliphatic carboxylic acids is 1. The van der Waals surface area contributed by atoms with E-state index in [1.165, 1.54) is 12.8 Å². The zero-order chi connectivity index (χ0) is 10.3. The van der Waals surface area contributed by atoms with Crippen LogP contribution in [0.1, 0.15) is 39.5 Å². The maximum atomic E-state index is 11.1. The number of carboxylic acids is 1. The quantitative estimate of drug-likeness (QED) is 0.732. The van der Waals surface area contributed by atoms with Crippen molar-refractivity contribution < 1.29 is 9.90 Å². The Morgan fingerprint density at radius 3 is 2.50 bits per heavy atom. The lowest BCUT2D eigenvalue weighted by molar-refractivity contribution is -0.146. The number of hydrogen-bond donors (Lipinski definition) is 1. The van der Waals surface area contributed by atoms with Gasteiger partial charge in [0.2, 0.25) is 0 Å². The number of rotatable bonds is 2. The van der Waals surface area contributed by atoms with Crippen LogP contribution in [0.3, 0.4) is 0 Å². The summed E-state index contributed by atoms with van der Waals surface area (Å²) in [6.07, 6.45) is 4.58. The third-order valence-electron chi connectivity index (χ3n) is 3.77. The van der Waals surface area contributed by atoms with Crippen LogP contribution >= 0.6 is 0 Å². The van der Waals surface area contributed by atoms with E-state index in [9.17, 15) is 4.79 Å². The molecule has 1 saturated heterocycles. The van der Waals surface area contributed by atoms with E-state index >= 15 is 0 Å². The van der Waals surface area contributed by atoms with Gasteiger partial charge >= 0.3 is 5.97 Å². The second-order valence-corrected chi connectivity index (χ2v) is 5.16. The Balaban J connectivity index is 2.08. The van der Waals surface area contributed by atoms with Crippen LogP contribution in [0.25, 0.3) is 0 Å². The monoisotopic (exact) mass is 197 g/mol. The summed E-state index contributed by atoms with van der Waals surface area (Å²) in [6, 6.07) is 0.120. The average molecular weight is 197 g/mol. The van der Waals surface area contributed by atoms with Gasteiger partial charge in [0.05, 0.1) is 0 Å². The maximum Gasteiger partial charge on any atom is 0.320 e. The number of piperidine rings is 1. The van der Waals surface area contributed by atoms with Crippen molar-refractivity contribution in [3.05, 3.63) is 0 Å². The first-order valence-electron chi connectivity index (χ1n) is 5.53. The first-order valence-corrected chi connectivity index (χ1v) is 5.53. The molecule has 0 radical (unpaired) electrons. The molecule has 0 aromatic heterocycles. The van der Waals surface area contributed by atoms with E-state index in [4.69, 9.17) is 5.11 Å². The molecule has 3 heteroatoms. The molecule has 1 N–H and O–H groups in total. The predicted molar refractivity (Wildman–Crippen MR) is 54.2 cm³/mol. The number of hydrogen-bond acceptors (Lipinski definition) is 2. The van der Waals surface area contributed by atoms with E-state index in [1.807, 2.05) is 0 Å². The molecule has 0 unspecified atom stereocenters. The van der Waals surface area contributed by atoms with Gasteiger partial charge in [0.25, 0.3) is 0 Å². The Morgan fingerprint density at radius 1 is 1.43 bits per heavy atom. The fourth-order valence-electron chi connectivity index (χ4n) is 2.58. The topological polar surface area (TPSA) is 40.5 Å². The molecular weight excluding hydrogens is 178 g/mol. The Labute approximate surface area is 85.1 Å². The van der Waals surface area contributed by atoms with E-state index in [2.05, 4.69) is 18.7 Å². The first kappa shape index (κ1) is 9.97. The van der Waals surface area contributed by atoms with Crippen LogP contribution in [0.15, 0.2) is 0 Å². The Bertz CT molecular complexity index is 246. The molecule has 1 aliphatic carbocycles. The molecule has 0 bridgehead atoms. The van der Waals surface area contributed by atoms with Gasteiger partial charge in [0, 0.05) is 12.6 Å². The largest absolute Gasteiger partial charge is 0.480 e. The second kappa shape index (κ2) is 3.23. The normalized spacial score (nSPS) is 30.9. The predicted octanol–water partition coefficient (Wildman–Crippen LogP) is 1.72. The molecule has 3 nitrogen and oxygen atoms in total. The minimum Gasteiger partial charge on any atom is -0.480 e. The molecule has 1 aliphatic heterocycles. The Hall–Kier alpha value is -0.570. The fraction of sp³-hybridized carbons (Fsp3) is 0.909. The Morgan fingerprint density at radius 2 is 2.07 bits per heavy atom. The lowest BCUT2D eigenvalue weighted by Crippen LogP contribution is -2.51. The first-order chi connectivity index (χ1) is 6.54. The van der Waals surface area contributed by atoms with Crippen molar-refractivity contribution in [2.75, 3.05) is 6.54 Å². The molecule has 2 fully saturated rings. The average Bonchev–Trinajstić information content (AvgIpc) is 2.84. The lowest BCUT2D eigenvalue weighted by atomic mass is 9.89. The van der Waals surface area contributed by atoms with Gasteiger partial charge in [-0.1, -0.05) is 0 Å². The van der Waals surface area contributed by atoms with Crippen molar-refractivity contribution in [1.82, 2.24) is 4.90 Å². The molecule has 0 aromatic rings. The molecule has 1 saturated carbocycles. The summed E-state index contributed by atoms with van der Waals surface area (Å²) >= 11 is 0. The smallest absolute Gasteiger partial charge is 0.320 e. The molecule has 2 aliphatic rings. The highest BCUT2D eigenvalue weighted by Gasteiger charge is 2.49. The molecule has 2 rings (SSSR count). The summed E-state index contributed by atoms with van der Waals surface area (Å²) in [7, 11) is 0. The van der Waals surface area contributed by atoms with Crippen molar-refractivity contribution >= 4 is 5.97 Å². The number of carboxylic acid groups (broad SMARTS) is 1. The zero-order valence-corrected chi connectivity index (χ0v) is 8.99. The van der Waals surface area contributed by atoms with Crippen LogP contribution < -0.4 is 0 Å². The van der Waals surface area contributed by atoms with Gasteiger partial charge in [-0.25, -0.2) is 0 Å². The Kier molecular flexibility index (Phi) is 2.30. The summed E-state index contributed by atoms with van der Waals surface area (Å²) in [6.45, 7) is 5.19. The van der Waals surface area contributed by atoms with Gasteiger partial charge in [-0.15, -0.1) is 0 Å². The summed E-state index contributed by atoms with van der Waals surface area (Å²) in [5.41, 5.74) is 0.510. The minimum atomic E-state index is -0.644. The maximum absolute atomic E-state index is 11.1. The van der Waals surface area contributed by atoms with Crippen molar-refractivity contribution in [3.8, 4) is 0 Å². The molecule has 1 heterocycles. The zero-order valence-electron chi connectivity index (χ0n) is 8.99. The highest BCUT2D eigenvalue weighted by Crippen LogP contribution is 2.53. The van der Waals surface area contributed by atoms with Crippen molar-refractivity contribution in [1.29, 1.82) is 0 Å². The molecule has 80 valence electrons. The van der Waals surface area contributed by atoms with E-state index in [0.717, 1.165) is 19.4 Å². The van der Waals surface area contributed by atoms with Crippen LogP contribution in [0.2, 0.25) is 0 Å². The number of nitrogens with zero attached hydrogens (tertiary/aromatic N) is 1. The summed E-state index contributed by atoms with van der Waals surface area (Å²) < 4.78 is 0. The number of carbonyl (C=O) groups is 1. The van der Waals surface area contributed by atoms with E-state index in [-0.39, 0.29) is 6.04 Å². The van der Waals surface area contributed by atoms with Gasteiger partial charge in [-0.2, -0.15) is 0 Å². The standard InChI is InChI=1S/C11H19NO2/c1-8(2)12-7-11(5-6-11)4-3-9(12)10(13)14/h8-9H,3-7H2,1-2H3,(H,13,14)/t9-/m0/s1. The molecular formula is C11H19NO2. The van der Waals surface area contributed by atoms with E-state index in [1.54, 1.807) is 0 Å². The lowest BCUT2D eigenvalue weighted by Gasteiger charge is -2.40. The van der Waals surface area contributed by atoms with E-state index < -0.39 is 5.97 Å². The van der Waals surface area contributed by atoms with Gasteiger partial charge < -0.3 is 5.11 Å². The third-order valence-corrected chi connectivity index (χ3v) is 3.77. The SMILES string of the molecule is CC(C)N1CC2(CC[C@H]1C(=O)O)CC2. The summed E-state index contributed by atoms with van der Waals surface area (Å²) in [5.74, 6) is -0.644. The van der Waals surface area contributed by atoms with Crippen LogP contribution in [0, 0.1) is 5.41 Å². The molecule has 1 atom stereocenters. The number of likely N-dealkylation sites (tertiary alicyclic amines) is 1. The second-order valence-electron chi connectivity index (χ2n) is 5.16. The fourth-order valence-corrected chi connectivity index (χ4v) is 2.58. The van der Waals surface area contributed by atoms with Gasteiger partial charge in [-0.05, 0) is 44.9 Å². The van der Waals surface area contributed by atoms with Crippen LogP contribution in [-0.4, -0.2) is 34.6 Å². The van der Waals surface area contributed by atoms with Crippen LogP contribution in [0.4, 0.5) is 0 Å². The molecule has 1 spiro atoms. The van der Waals surface area contributed by atoms with Gasteiger partial charge in [0.15, 0.2) is 0 Å². The van der Waals surface area contributed by atoms with Crippen LogP contribution in [0.5, 0.6) is 0 Å². The highest BCUT2D eigenvalue weighted by molar-refractivity contribution is 5.73. The van der Waals surface area contributed by atoms with Crippen molar-refractivity contribution in [2.24, 2.45) is 5.41 Å². The van der Waals surface area contributed by atoms with Crippen LogP contribution in [-0.2, 0) is 4.79 Å². The molecule has 14 heavy (non-hydrogen) atoms. The van der Waals surface area contributed by atoms with Crippen molar-refractivity contribution in [3.63, 3.8) is 0 Å². The summed E-state index contributed by atoms with van der Waals surface area (Å²) in [5, 5.41) is 9.11. The van der Waals surface area contributed by atoms with Gasteiger partial charge in [-0.3, -0.25) is 9.69 Å². The van der Waals surface area contributed by atoms with E-state index in [0.29, 0.717) is 11.5 Å². The summed E-state index contributed by atoms with van der Waals surface area (Å²) in [4.78, 5) is 13.2. The van der Waals surface area contributed by atoms with Crippen molar-refractivity contribution in [2.45, 2.75) is 51.6 Å². The highest BCUT2D eigenvalue weighted by atomic mass is 16.4. The minimum absolute atomic E-state index is 0.235.